The van der Waals surface area contributed by atoms with Gasteiger partial charge in [0.2, 0.25) is 21.8 Å². The minimum Gasteiger partial charge on any atom is -0.466 e. The van der Waals surface area contributed by atoms with E-state index in [0.29, 0.717) is 39.0 Å². The lowest BCUT2D eigenvalue weighted by molar-refractivity contribution is -0.151. The summed E-state index contributed by atoms with van der Waals surface area (Å²) in [5.74, 6) is -0.663. The van der Waals surface area contributed by atoms with E-state index in [1.807, 2.05) is 0 Å². The zero-order valence-corrected chi connectivity index (χ0v) is 20.1. The standard InChI is InChI=1S/C23H33N3O6S/c1-3-32-23(29)18-12-14-26(15-13-18)22(28)16-25(2)21(27)11-6-17-4-9-20(10-5-17)33(30,31)24-19-7-8-19/h4-5,9-10,18-19,24H,3,6-8,11-16H2,1-2H3. The van der Waals surface area contributed by atoms with Gasteiger partial charge in [-0.25, -0.2) is 13.1 Å². The molecule has 2 fully saturated rings. The Labute approximate surface area is 195 Å². The van der Waals surface area contributed by atoms with Crippen molar-refractivity contribution in [3.63, 3.8) is 0 Å². The molecular weight excluding hydrogens is 446 g/mol. The van der Waals surface area contributed by atoms with E-state index in [9.17, 15) is 22.8 Å². The number of ether oxygens (including phenoxy) is 1. The molecule has 0 aromatic heterocycles. The van der Waals surface area contributed by atoms with Gasteiger partial charge in [0.05, 0.1) is 24.0 Å². The topological polar surface area (TPSA) is 113 Å². The van der Waals surface area contributed by atoms with E-state index in [-0.39, 0.29) is 47.6 Å². The molecule has 10 heteroatoms. The van der Waals surface area contributed by atoms with Crippen molar-refractivity contribution in [2.75, 3.05) is 33.3 Å². The van der Waals surface area contributed by atoms with Crippen LogP contribution in [0.2, 0.25) is 0 Å². The number of aryl methyl sites for hydroxylation is 1. The third-order valence-electron chi connectivity index (χ3n) is 6.03. The first kappa shape index (κ1) is 25.2. The van der Waals surface area contributed by atoms with Crippen LogP contribution in [-0.4, -0.2) is 75.3 Å². The number of nitrogens with zero attached hydrogens (tertiary/aromatic N) is 2. The highest BCUT2D eigenvalue weighted by Gasteiger charge is 2.29. The second-order valence-corrected chi connectivity index (χ2v) is 10.4. The summed E-state index contributed by atoms with van der Waals surface area (Å²) in [7, 11) is -1.89. The van der Waals surface area contributed by atoms with Crippen LogP contribution in [0.4, 0.5) is 0 Å². The molecule has 0 radical (unpaired) electrons. The Morgan fingerprint density at radius 2 is 1.73 bits per heavy atom. The lowest BCUT2D eigenvalue weighted by atomic mass is 9.97. The van der Waals surface area contributed by atoms with Crippen molar-refractivity contribution in [3.8, 4) is 0 Å². The first-order chi connectivity index (χ1) is 15.7. The van der Waals surface area contributed by atoms with E-state index in [0.717, 1.165) is 18.4 Å². The van der Waals surface area contributed by atoms with Crippen molar-refractivity contribution >= 4 is 27.8 Å². The summed E-state index contributed by atoms with van der Waals surface area (Å²) in [6, 6.07) is 6.59. The van der Waals surface area contributed by atoms with Crippen LogP contribution in [0.1, 0.15) is 44.6 Å². The van der Waals surface area contributed by atoms with Crippen molar-refractivity contribution in [3.05, 3.63) is 29.8 Å². The van der Waals surface area contributed by atoms with Gasteiger partial charge in [0.25, 0.3) is 0 Å². The Hall–Kier alpha value is -2.46. The van der Waals surface area contributed by atoms with E-state index in [1.165, 1.54) is 4.90 Å². The van der Waals surface area contributed by atoms with E-state index >= 15 is 0 Å². The Morgan fingerprint density at radius 3 is 2.30 bits per heavy atom. The van der Waals surface area contributed by atoms with Crippen LogP contribution in [0, 0.1) is 5.92 Å². The van der Waals surface area contributed by atoms with Crippen LogP contribution in [0.3, 0.4) is 0 Å². The first-order valence-corrected chi connectivity index (χ1v) is 13.0. The highest BCUT2D eigenvalue weighted by molar-refractivity contribution is 7.89. The van der Waals surface area contributed by atoms with Gasteiger partial charge in [0, 0.05) is 32.6 Å². The maximum atomic E-state index is 12.6. The van der Waals surface area contributed by atoms with E-state index in [4.69, 9.17) is 4.74 Å². The fourth-order valence-corrected chi connectivity index (χ4v) is 5.09. The number of carbonyl (C=O) groups excluding carboxylic acids is 3. The molecule has 3 rings (SSSR count). The molecule has 9 nitrogen and oxygen atoms in total. The fourth-order valence-electron chi connectivity index (χ4n) is 3.78. The molecule has 0 bridgehead atoms. The Kier molecular flexibility index (Phi) is 8.47. The van der Waals surface area contributed by atoms with Crippen molar-refractivity contribution in [1.82, 2.24) is 14.5 Å². The monoisotopic (exact) mass is 479 g/mol. The normalized spacial score (nSPS) is 17.0. The number of likely N-dealkylation sites (N-methyl/N-ethyl adjacent to an activating group) is 1. The van der Waals surface area contributed by atoms with Crippen LogP contribution >= 0.6 is 0 Å². The SMILES string of the molecule is CCOC(=O)C1CCN(C(=O)CN(C)C(=O)CCc2ccc(S(=O)(=O)NC3CC3)cc2)CC1. The minimum atomic E-state index is -3.49. The predicted molar refractivity (Wildman–Crippen MR) is 122 cm³/mol. The first-order valence-electron chi connectivity index (χ1n) is 11.5. The van der Waals surface area contributed by atoms with Crippen molar-refractivity contribution in [2.24, 2.45) is 5.92 Å². The number of piperidine rings is 1. The second kappa shape index (κ2) is 11.1. The maximum absolute atomic E-state index is 12.6. The van der Waals surface area contributed by atoms with Gasteiger partial charge in [-0.15, -0.1) is 0 Å². The molecule has 33 heavy (non-hydrogen) atoms. The highest BCUT2D eigenvalue weighted by atomic mass is 32.2. The molecule has 0 atom stereocenters. The molecule has 0 unspecified atom stereocenters. The number of carbonyl (C=O) groups is 3. The highest BCUT2D eigenvalue weighted by Crippen LogP contribution is 2.22. The molecule has 1 saturated heterocycles. The van der Waals surface area contributed by atoms with E-state index in [1.54, 1.807) is 43.1 Å². The molecule has 1 aliphatic carbocycles. The third kappa shape index (κ3) is 7.26. The van der Waals surface area contributed by atoms with Gasteiger partial charge in [-0.3, -0.25) is 14.4 Å². The van der Waals surface area contributed by atoms with Gasteiger partial charge >= 0.3 is 5.97 Å². The Bertz CT molecular complexity index is 951. The van der Waals surface area contributed by atoms with Crippen LogP contribution in [-0.2, 0) is 35.6 Å². The summed E-state index contributed by atoms with van der Waals surface area (Å²) < 4.78 is 32.2. The summed E-state index contributed by atoms with van der Waals surface area (Å²) in [6.07, 6.45) is 3.58. The van der Waals surface area contributed by atoms with Gasteiger partial charge in [0.1, 0.15) is 0 Å². The van der Waals surface area contributed by atoms with Crippen molar-refractivity contribution in [1.29, 1.82) is 0 Å². The van der Waals surface area contributed by atoms with Crippen molar-refractivity contribution < 1.29 is 27.5 Å². The molecule has 0 spiro atoms. The molecule has 2 amide bonds. The number of esters is 1. The molecule has 1 aromatic rings. The van der Waals surface area contributed by atoms with Gasteiger partial charge in [-0.1, -0.05) is 12.1 Å². The summed E-state index contributed by atoms with van der Waals surface area (Å²) in [6.45, 7) is 3.08. The number of sulfonamides is 1. The largest absolute Gasteiger partial charge is 0.466 e. The molecule has 2 aliphatic rings. The smallest absolute Gasteiger partial charge is 0.309 e. The number of benzene rings is 1. The molecule has 1 heterocycles. The van der Waals surface area contributed by atoms with Crippen molar-refractivity contribution in [2.45, 2.75) is 56.4 Å². The number of rotatable bonds is 10. The maximum Gasteiger partial charge on any atom is 0.309 e. The van der Waals surface area contributed by atoms with Gasteiger partial charge in [-0.2, -0.15) is 0 Å². The Morgan fingerprint density at radius 1 is 1.09 bits per heavy atom. The zero-order chi connectivity index (χ0) is 24.0. The fraction of sp³-hybridized carbons (Fsp3) is 0.609. The van der Waals surface area contributed by atoms with Crippen LogP contribution in [0.15, 0.2) is 29.2 Å². The van der Waals surface area contributed by atoms with Gasteiger partial charge in [-0.05, 0) is 56.7 Å². The number of hydrogen-bond acceptors (Lipinski definition) is 6. The summed E-state index contributed by atoms with van der Waals surface area (Å²) in [4.78, 5) is 40.2. The summed E-state index contributed by atoms with van der Waals surface area (Å²) in [5, 5.41) is 0. The summed E-state index contributed by atoms with van der Waals surface area (Å²) in [5.41, 5.74) is 0.856. The molecule has 1 N–H and O–H groups in total. The van der Waals surface area contributed by atoms with E-state index < -0.39 is 10.0 Å². The van der Waals surface area contributed by atoms with Crippen LogP contribution in [0.5, 0.6) is 0 Å². The van der Waals surface area contributed by atoms with Gasteiger partial charge < -0.3 is 14.5 Å². The number of likely N-dealkylation sites (tertiary alicyclic amines) is 1. The molecular formula is C23H33N3O6S. The molecule has 1 aromatic carbocycles. The average molecular weight is 480 g/mol. The molecule has 1 saturated carbocycles. The third-order valence-corrected chi connectivity index (χ3v) is 7.56. The zero-order valence-electron chi connectivity index (χ0n) is 19.3. The second-order valence-electron chi connectivity index (χ2n) is 8.70. The predicted octanol–water partition coefficient (Wildman–Crippen LogP) is 1.32. The molecule has 1 aliphatic heterocycles. The van der Waals surface area contributed by atoms with Crippen LogP contribution in [0.25, 0.3) is 0 Å². The number of nitrogens with one attached hydrogen (secondary N) is 1. The minimum absolute atomic E-state index is 0.00702. The number of amides is 2. The lowest BCUT2D eigenvalue weighted by Crippen LogP contribution is -2.45. The van der Waals surface area contributed by atoms with Crippen LogP contribution < -0.4 is 4.72 Å². The van der Waals surface area contributed by atoms with Gasteiger partial charge in [0.15, 0.2) is 0 Å². The van der Waals surface area contributed by atoms with E-state index in [2.05, 4.69) is 4.72 Å². The Balaban J connectivity index is 1.41. The summed E-state index contributed by atoms with van der Waals surface area (Å²) >= 11 is 0. The lowest BCUT2D eigenvalue weighted by Gasteiger charge is -2.32. The molecule has 182 valence electrons. The quantitative estimate of drug-likeness (QED) is 0.507. The average Bonchev–Trinajstić information content (AvgIpc) is 3.61. The number of hydrogen-bond donors (Lipinski definition) is 1.